The number of esters is 1. The van der Waals surface area contributed by atoms with Gasteiger partial charge in [0.15, 0.2) is 6.10 Å². The first kappa shape index (κ1) is 20.3. The molecule has 1 aromatic carbocycles. The lowest BCUT2D eigenvalue weighted by Gasteiger charge is -2.19. The summed E-state index contributed by atoms with van der Waals surface area (Å²) in [6, 6.07) is 4.65. The predicted octanol–water partition coefficient (Wildman–Crippen LogP) is 4.27. The molecule has 1 heterocycles. The summed E-state index contributed by atoms with van der Waals surface area (Å²) in [7, 11) is 0. The maximum Gasteiger partial charge on any atom is 0.344 e. The average Bonchev–Trinajstić information content (AvgIpc) is 2.95. The number of carbonyl (C=O) groups excluding carboxylic acids is 2. The van der Waals surface area contributed by atoms with Gasteiger partial charge < -0.3 is 14.6 Å². The van der Waals surface area contributed by atoms with Gasteiger partial charge in [-0.25, -0.2) is 4.79 Å². The lowest BCUT2D eigenvalue weighted by Crippen LogP contribution is -2.37. The van der Waals surface area contributed by atoms with Crippen molar-refractivity contribution in [1.82, 2.24) is 10.5 Å². The zero-order valence-electron chi connectivity index (χ0n) is 14.9. The minimum absolute atomic E-state index is 0.265. The molecule has 0 saturated heterocycles. The Hall–Kier alpha value is -2.05. The number of aromatic nitrogens is 1. The maximum absolute atomic E-state index is 12.4. The van der Waals surface area contributed by atoms with Crippen LogP contribution in [-0.4, -0.2) is 23.1 Å². The second-order valence-corrected chi connectivity index (χ2v) is 6.70. The monoisotopic (exact) mass is 398 g/mol. The fourth-order valence-corrected chi connectivity index (χ4v) is 3.03. The molecule has 0 aliphatic rings. The normalized spacial score (nSPS) is 13.2. The van der Waals surface area contributed by atoms with Crippen molar-refractivity contribution >= 4 is 35.1 Å². The SMILES string of the molecule is CCc1noc(C)c1C(=O)O[C@H](C)C(=O)N[C@@H](C)c1ccc(Cl)cc1Cl. The summed E-state index contributed by atoms with van der Waals surface area (Å²) < 4.78 is 10.3. The van der Waals surface area contributed by atoms with Crippen molar-refractivity contribution in [1.29, 1.82) is 0 Å². The van der Waals surface area contributed by atoms with Gasteiger partial charge in [-0.3, -0.25) is 4.79 Å². The van der Waals surface area contributed by atoms with Crippen molar-refractivity contribution in [2.24, 2.45) is 0 Å². The van der Waals surface area contributed by atoms with Crippen molar-refractivity contribution < 1.29 is 18.8 Å². The number of hydrogen-bond donors (Lipinski definition) is 1. The number of hydrogen-bond acceptors (Lipinski definition) is 5. The van der Waals surface area contributed by atoms with Gasteiger partial charge in [0.2, 0.25) is 0 Å². The molecule has 0 radical (unpaired) electrons. The third-order valence-corrected chi connectivity index (χ3v) is 4.48. The second kappa shape index (κ2) is 8.56. The number of amides is 1. The fourth-order valence-electron chi connectivity index (χ4n) is 2.46. The number of carbonyl (C=O) groups is 2. The zero-order chi connectivity index (χ0) is 19.4. The molecule has 0 aliphatic heterocycles. The van der Waals surface area contributed by atoms with Crippen molar-refractivity contribution in [3.63, 3.8) is 0 Å². The van der Waals surface area contributed by atoms with Gasteiger partial charge in [0.1, 0.15) is 11.3 Å². The highest BCUT2D eigenvalue weighted by atomic mass is 35.5. The molecule has 2 rings (SSSR count). The van der Waals surface area contributed by atoms with Crippen LogP contribution < -0.4 is 5.32 Å². The summed E-state index contributed by atoms with van der Waals surface area (Å²) in [6.45, 7) is 6.75. The Kier molecular flexibility index (Phi) is 6.67. The molecular formula is C18H20Cl2N2O4. The van der Waals surface area contributed by atoms with Gasteiger partial charge in [-0.2, -0.15) is 0 Å². The molecule has 0 aliphatic carbocycles. The predicted molar refractivity (Wildman–Crippen MR) is 98.5 cm³/mol. The fraction of sp³-hybridized carbons (Fsp3) is 0.389. The Bertz CT molecular complexity index is 820. The van der Waals surface area contributed by atoms with Gasteiger partial charge >= 0.3 is 5.97 Å². The lowest BCUT2D eigenvalue weighted by molar-refractivity contribution is -0.129. The maximum atomic E-state index is 12.4. The first-order valence-corrected chi connectivity index (χ1v) is 8.91. The van der Waals surface area contributed by atoms with Crippen molar-refractivity contribution in [2.45, 2.75) is 46.3 Å². The highest BCUT2D eigenvalue weighted by molar-refractivity contribution is 6.35. The molecule has 0 saturated carbocycles. The molecule has 0 unspecified atom stereocenters. The summed E-state index contributed by atoms with van der Waals surface area (Å²) >= 11 is 12.0. The molecule has 0 fully saturated rings. The molecule has 6 nitrogen and oxygen atoms in total. The average molecular weight is 399 g/mol. The van der Waals surface area contributed by atoms with Crippen LogP contribution in [0.3, 0.4) is 0 Å². The Morgan fingerprint density at radius 2 is 2.00 bits per heavy atom. The minimum atomic E-state index is -0.991. The smallest absolute Gasteiger partial charge is 0.344 e. The van der Waals surface area contributed by atoms with E-state index in [0.717, 1.165) is 0 Å². The molecule has 2 aromatic rings. The van der Waals surface area contributed by atoms with Gasteiger partial charge in [-0.1, -0.05) is 41.3 Å². The van der Waals surface area contributed by atoms with E-state index in [1.165, 1.54) is 6.92 Å². The quantitative estimate of drug-likeness (QED) is 0.734. The van der Waals surface area contributed by atoms with Crippen LogP contribution in [0.4, 0.5) is 0 Å². The van der Waals surface area contributed by atoms with Crippen molar-refractivity contribution in [3.05, 3.63) is 50.8 Å². The van der Waals surface area contributed by atoms with Crippen LogP contribution in [0.25, 0.3) is 0 Å². The molecule has 1 N–H and O–H groups in total. The highest BCUT2D eigenvalue weighted by Gasteiger charge is 2.26. The van der Waals surface area contributed by atoms with Gasteiger partial charge in [-0.05, 0) is 44.9 Å². The van der Waals surface area contributed by atoms with E-state index in [0.29, 0.717) is 33.5 Å². The second-order valence-electron chi connectivity index (χ2n) is 5.86. The summed E-state index contributed by atoms with van der Waals surface area (Å²) in [5.74, 6) is -0.717. The topological polar surface area (TPSA) is 81.4 Å². The molecule has 140 valence electrons. The molecule has 0 bridgehead atoms. The van der Waals surface area contributed by atoms with Crippen LogP contribution >= 0.6 is 23.2 Å². The Morgan fingerprint density at radius 3 is 2.62 bits per heavy atom. The first-order chi connectivity index (χ1) is 12.2. The number of aryl methyl sites for hydroxylation is 2. The number of nitrogens with zero attached hydrogens (tertiary/aromatic N) is 1. The lowest BCUT2D eigenvalue weighted by atomic mass is 10.1. The highest BCUT2D eigenvalue weighted by Crippen LogP contribution is 2.26. The van der Waals surface area contributed by atoms with E-state index in [1.54, 1.807) is 32.0 Å². The number of ether oxygens (including phenoxy) is 1. The van der Waals surface area contributed by atoms with Crippen LogP contribution in [0, 0.1) is 6.92 Å². The van der Waals surface area contributed by atoms with E-state index in [-0.39, 0.29) is 11.6 Å². The van der Waals surface area contributed by atoms with E-state index in [1.807, 2.05) is 6.92 Å². The summed E-state index contributed by atoms with van der Waals surface area (Å²) in [6.07, 6.45) is -0.468. The molecule has 2 atom stereocenters. The van der Waals surface area contributed by atoms with Crippen LogP contribution in [0.1, 0.15) is 54.2 Å². The van der Waals surface area contributed by atoms with Crippen LogP contribution in [0.15, 0.2) is 22.7 Å². The van der Waals surface area contributed by atoms with Gasteiger partial charge in [0.05, 0.1) is 11.7 Å². The van der Waals surface area contributed by atoms with Crippen LogP contribution in [0.5, 0.6) is 0 Å². The van der Waals surface area contributed by atoms with Crippen molar-refractivity contribution in [3.8, 4) is 0 Å². The zero-order valence-corrected chi connectivity index (χ0v) is 16.4. The molecular weight excluding hydrogens is 379 g/mol. The Morgan fingerprint density at radius 1 is 1.31 bits per heavy atom. The molecule has 26 heavy (non-hydrogen) atoms. The molecule has 8 heteroatoms. The number of halogens is 2. The minimum Gasteiger partial charge on any atom is -0.449 e. The van der Waals surface area contributed by atoms with Crippen LogP contribution in [0.2, 0.25) is 10.0 Å². The Balaban J connectivity index is 2.03. The summed E-state index contributed by atoms with van der Waals surface area (Å²) in [4.78, 5) is 24.7. The number of rotatable bonds is 6. The first-order valence-electron chi connectivity index (χ1n) is 8.16. The van der Waals surface area contributed by atoms with Gasteiger partial charge in [0.25, 0.3) is 5.91 Å². The van der Waals surface area contributed by atoms with E-state index in [4.69, 9.17) is 32.5 Å². The number of nitrogens with one attached hydrogen (secondary N) is 1. The van der Waals surface area contributed by atoms with Gasteiger partial charge in [-0.15, -0.1) is 0 Å². The summed E-state index contributed by atoms with van der Waals surface area (Å²) in [5, 5.41) is 7.53. The third kappa shape index (κ3) is 4.56. The van der Waals surface area contributed by atoms with Gasteiger partial charge in [0, 0.05) is 10.0 Å². The van der Waals surface area contributed by atoms with Crippen LogP contribution in [-0.2, 0) is 16.0 Å². The van der Waals surface area contributed by atoms with E-state index >= 15 is 0 Å². The molecule has 1 amide bonds. The Labute approximate surface area is 161 Å². The summed E-state index contributed by atoms with van der Waals surface area (Å²) in [5.41, 5.74) is 1.48. The molecule has 1 aromatic heterocycles. The standard InChI is InChI=1S/C18H20Cl2N2O4/c1-5-15-16(10(3)26-22-15)18(24)25-11(4)17(23)21-9(2)13-7-6-12(19)8-14(13)20/h6-9,11H,5H2,1-4H3,(H,21,23)/t9-,11+/m0/s1. The number of benzene rings is 1. The largest absolute Gasteiger partial charge is 0.449 e. The van der Waals surface area contributed by atoms with E-state index < -0.39 is 18.0 Å². The van der Waals surface area contributed by atoms with Crippen molar-refractivity contribution in [2.75, 3.05) is 0 Å². The van der Waals surface area contributed by atoms with E-state index in [9.17, 15) is 9.59 Å². The molecule has 0 spiro atoms. The van der Waals surface area contributed by atoms with E-state index in [2.05, 4.69) is 10.5 Å². The third-order valence-electron chi connectivity index (χ3n) is 3.91.